The van der Waals surface area contributed by atoms with Crippen LogP contribution in [0.3, 0.4) is 0 Å². The zero-order chi connectivity index (χ0) is 12.3. The normalized spacial score (nSPS) is 18.5. The lowest BCUT2D eigenvalue weighted by Crippen LogP contribution is -2.35. The Hall–Kier alpha value is -0.870. The third kappa shape index (κ3) is 2.69. The zero-order valence-corrected chi connectivity index (χ0v) is 11.1. The molecule has 1 aliphatic rings. The molecule has 1 aromatic heterocycles. The van der Waals surface area contributed by atoms with Gasteiger partial charge in [0.2, 0.25) is 0 Å². The molecule has 2 rings (SSSR count). The molecule has 1 aliphatic heterocycles. The van der Waals surface area contributed by atoms with Gasteiger partial charge in [-0.05, 0) is 39.8 Å². The van der Waals surface area contributed by atoms with Crippen LogP contribution in [0.1, 0.15) is 38.3 Å². The van der Waals surface area contributed by atoms with E-state index in [1.807, 2.05) is 12.5 Å². The number of hydrogen-bond acceptors (Lipinski definition) is 3. The van der Waals surface area contributed by atoms with E-state index in [9.17, 15) is 0 Å². The molecule has 4 heteroatoms. The number of imidazole rings is 1. The van der Waals surface area contributed by atoms with Gasteiger partial charge in [0, 0.05) is 24.9 Å². The second-order valence-electron chi connectivity index (χ2n) is 5.46. The van der Waals surface area contributed by atoms with Gasteiger partial charge in [0.05, 0.1) is 18.5 Å². The van der Waals surface area contributed by atoms with Crippen LogP contribution in [0, 0.1) is 0 Å². The Morgan fingerprint density at radius 2 is 2.18 bits per heavy atom. The Morgan fingerprint density at radius 1 is 1.47 bits per heavy atom. The highest BCUT2D eigenvalue weighted by atomic mass is 16.5. The predicted molar refractivity (Wildman–Crippen MR) is 68.3 cm³/mol. The zero-order valence-electron chi connectivity index (χ0n) is 11.1. The molecule has 1 fully saturated rings. The molecule has 0 bridgehead atoms. The third-order valence-corrected chi connectivity index (χ3v) is 3.57. The minimum Gasteiger partial charge on any atom is -0.382 e. The summed E-state index contributed by atoms with van der Waals surface area (Å²) in [7, 11) is 1.75. The summed E-state index contributed by atoms with van der Waals surface area (Å²) >= 11 is 0. The fourth-order valence-electron chi connectivity index (χ4n) is 2.65. The minimum atomic E-state index is -0.0224. The fourth-order valence-corrected chi connectivity index (χ4v) is 2.65. The second-order valence-corrected chi connectivity index (χ2v) is 5.46. The Kier molecular flexibility index (Phi) is 3.84. The van der Waals surface area contributed by atoms with Crippen molar-refractivity contribution in [1.82, 2.24) is 14.9 Å². The Morgan fingerprint density at radius 3 is 2.82 bits per heavy atom. The van der Waals surface area contributed by atoms with Crippen LogP contribution in [0.5, 0.6) is 0 Å². The largest absolute Gasteiger partial charge is 0.382 e. The van der Waals surface area contributed by atoms with Crippen LogP contribution in [0.4, 0.5) is 0 Å². The van der Waals surface area contributed by atoms with E-state index in [1.54, 1.807) is 7.11 Å². The van der Waals surface area contributed by atoms with Crippen LogP contribution in [0.25, 0.3) is 0 Å². The summed E-state index contributed by atoms with van der Waals surface area (Å²) in [5, 5.41) is 3.41. The van der Waals surface area contributed by atoms with Gasteiger partial charge in [-0.15, -0.1) is 0 Å². The van der Waals surface area contributed by atoms with Crippen molar-refractivity contribution in [3.8, 4) is 0 Å². The van der Waals surface area contributed by atoms with Crippen molar-refractivity contribution in [3.05, 3.63) is 18.2 Å². The van der Waals surface area contributed by atoms with Gasteiger partial charge >= 0.3 is 0 Å². The fraction of sp³-hybridized carbons (Fsp3) is 0.769. The molecule has 4 nitrogen and oxygen atoms in total. The predicted octanol–water partition coefficient (Wildman–Crippen LogP) is 1.73. The Labute approximate surface area is 103 Å². The maximum Gasteiger partial charge on any atom is 0.0954 e. The van der Waals surface area contributed by atoms with Crippen LogP contribution in [-0.2, 0) is 10.3 Å². The average Bonchev–Trinajstić information content (AvgIpc) is 2.79. The summed E-state index contributed by atoms with van der Waals surface area (Å²) in [6.45, 7) is 7.33. The standard InChI is InChI=1S/C13H23N3O/c1-13(2,9-17-3)16-10-15-8-12(16)11-4-6-14-7-5-11/h8,10-11,14H,4-7,9H2,1-3H3. The van der Waals surface area contributed by atoms with Crippen molar-refractivity contribution < 1.29 is 4.74 Å². The molecule has 0 aromatic carbocycles. The van der Waals surface area contributed by atoms with Crippen molar-refractivity contribution >= 4 is 0 Å². The van der Waals surface area contributed by atoms with Crippen LogP contribution >= 0.6 is 0 Å². The number of nitrogens with zero attached hydrogens (tertiary/aromatic N) is 2. The molecular formula is C13H23N3O. The first-order chi connectivity index (χ1) is 8.15. The summed E-state index contributed by atoms with van der Waals surface area (Å²) in [4.78, 5) is 4.33. The first kappa shape index (κ1) is 12.6. The number of ether oxygens (including phenoxy) is 1. The lowest BCUT2D eigenvalue weighted by Gasteiger charge is -2.31. The van der Waals surface area contributed by atoms with Crippen LogP contribution in [0.2, 0.25) is 0 Å². The third-order valence-electron chi connectivity index (χ3n) is 3.57. The smallest absolute Gasteiger partial charge is 0.0954 e. The van der Waals surface area contributed by atoms with Crippen molar-refractivity contribution in [1.29, 1.82) is 0 Å². The lowest BCUT2D eigenvalue weighted by molar-refractivity contribution is 0.106. The monoisotopic (exact) mass is 237 g/mol. The van der Waals surface area contributed by atoms with E-state index in [-0.39, 0.29) is 5.54 Å². The van der Waals surface area contributed by atoms with Gasteiger partial charge in [0.15, 0.2) is 0 Å². The molecule has 1 N–H and O–H groups in total. The van der Waals surface area contributed by atoms with E-state index in [1.165, 1.54) is 18.5 Å². The second kappa shape index (κ2) is 5.19. The van der Waals surface area contributed by atoms with E-state index < -0.39 is 0 Å². The SMILES string of the molecule is COCC(C)(C)n1cncc1C1CCNCC1. The van der Waals surface area contributed by atoms with Crippen molar-refractivity contribution in [2.45, 2.75) is 38.1 Å². The average molecular weight is 237 g/mol. The highest BCUT2D eigenvalue weighted by molar-refractivity contribution is 5.10. The molecule has 0 atom stereocenters. The van der Waals surface area contributed by atoms with Crippen LogP contribution < -0.4 is 5.32 Å². The molecule has 96 valence electrons. The van der Waals surface area contributed by atoms with Crippen molar-refractivity contribution in [2.24, 2.45) is 0 Å². The van der Waals surface area contributed by atoms with Gasteiger partial charge in [-0.2, -0.15) is 0 Å². The molecule has 2 heterocycles. The molecule has 0 amide bonds. The molecular weight excluding hydrogens is 214 g/mol. The van der Waals surface area contributed by atoms with Gasteiger partial charge < -0.3 is 14.6 Å². The number of hydrogen-bond donors (Lipinski definition) is 1. The van der Waals surface area contributed by atoms with E-state index in [2.05, 4.69) is 28.7 Å². The minimum absolute atomic E-state index is 0.0224. The van der Waals surface area contributed by atoms with E-state index >= 15 is 0 Å². The van der Waals surface area contributed by atoms with Crippen molar-refractivity contribution in [2.75, 3.05) is 26.8 Å². The molecule has 17 heavy (non-hydrogen) atoms. The molecule has 0 aliphatic carbocycles. The van der Waals surface area contributed by atoms with Crippen LogP contribution in [0.15, 0.2) is 12.5 Å². The van der Waals surface area contributed by atoms with E-state index in [0.29, 0.717) is 12.5 Å². The van der Waals surface area contributed by atoms with Gasteiger partial charge in [-0.3, -0.25) is 0 Å². The first-order valence-corrected chi connectivity index (χ1v) is 6.37. The summed E-state index contributed by atoms with van der Waals surface area (Å²) in [5.41, 5.74) is 1.33. The molecule has 0 unspecified atom stereocenters. The number of piperidine rings is 1. The molecule has 1 saturated heterocycles. The first-order valence-electron chi connectivity index (χ1n) is 6.37. The van der Waals surface area contributed by atoms with E-state index in [0.717, 1.165) is 13.1 Å². The summed E-state index contributed by atoms with van der Waals surface area (Å²) in [6.07, 6.45) is 6.37. The summed E-state index contributed by atoms with van der Waals surface area (Å²) < 4.78 is 7.60. The lowest BCUT2D eigenvalue weighted by atomic mass is 9.93. The van der Waals surface area contributed by atoms with Gasteiger partial charge in [0.1, 0.15) is 0 Å². The maximum absolute atomic E-state index is 5.31. The number of nitrogens with one attached hydrogen (secondary N) is 1. The quantitative estimate of drug-likeness (QED) is 0.867. The molecule has 0 saturated carbocycles. The van der Waals surface area contributed by atoms with Crippen LogP contribution in [-0.4, -0.2) is 36.4 Å². The number of aromatic nitrogens is 2. The molecule has 1 aromatic rings. The number of rotatable bonds is 4. The van der Waals surface area contributed by atoms with Gasteiger partial charge in [-0.1, -0.05) is 0 Å². The Balaban J connectivity index is 2.21. The topological polar surface area (TPSA) is 39.1 Å². The summed E-state index contributed by atoms with van der Waals surface area (Å²) in [5.74, 6) is 0.634. The maximum atomic E-state index is 5.31. The number of methoxy groups -OCH3 is 1. The highest BCUT2D eigenvalue weighted by Crippen LogP contribution is 2.29. The van der Waals surface area contributed by atoms with Gasteiger partial charge in [0.25, 0.3) is 0 Å². The van der Waals surface area contributed by atoms with Gasteiger partial charge in [-0.25, -0.2) is 4.98 Å². The van der Waals surface area contributed by atoms with Crippen molar-refractivity contribution in [3.63, 3.8) is 0 Å². The molecule has 0 spiro atoms. The summed E-state index contributed by atoms with van der Waals surface area (Å²) in [6, 6.07) is 0. The highest BCUT2D eigenvalue weighted by Gasteiger charge is 2.26. The van der Waals surface area contributed by atoms with E-state index in [4.69, 9.17) is 4.74 Å². The Bertz CT molecular complexity index is 353. The molecule has 0 radical (unpaired) electrons.